The third-order valence-corrected chi connectivity index (χ3v) is 7.35. The van der Waals surface area contributed by atoms with E-state index < -0.39 is 25.3 Å². The Kier molecular flexibility index (Phi) is 5.09. The van der Waals surface area contributed by atoms with Crippen molar-refractivity contribution in [3.63, 3.8) is 0 Å². The molecule has 0 radical (unpaired) electrons. The van der Waals surface area contributed by atoms with Crippen molar-refractivity contribution in [3.8, 4) is 0 Å². The third-order valence-electron chi connectivity index (χ3n) is 3.44. The maximum absolute atomic E-state index is 13.4. The predicted molar refractivity (Wildman–Crippen MR) is 74.9 cm³/mol. The van der Waals surface area contributed by atoms with Crippen molar-refractivity contribution in [1.29, 1.82) is 0 Å². The zero-order valence-electron chi connectivity index (χ0n) is 12.9. The van der Waals surface area contributed by atoms with Gasteiger partial charge in [-0.05, 0) is 0 Å². The average molecular weight is 346 g/mol. The van der Waals surface area contributed by atoms with Crippen LogP contribution in [0.3, 0.4) is 0 Å². The first-order valence-electron chi connectivity index (χ1n) is 7.41. The van der Waals surface area contributed by atoms with E-state index in [1.165, 1.54) is 0 Å². The first kappa shape index (κ1) is 17.9. The number of fused-ring (bicyclic) bond motifs is 1. The minimum absolute atomic E-state index is 0.0340. The number of alkyl halides is 3. The number of hydrogen-bond donors (Lipinski definition) is 0. The fourth-order valence-electron chi connectivity index (χ4n) is 2.88. The summed E-state index contributed by atoms with van der Waals surface area (Å²) in [7, 11) is -4.53. The van der Waals surface area contributed by atoms with Gasteiger partial charge in [-0.3, -0.25) is 0 Å². The van der Waals surface area contributed by atoms with Gasteiger partial charge in [0.1, 0.15) is 0 Å². The summed E-state index contributed by atoms with van der Waals surface area (Å²) in [4.78, 5) is 0. The van der Waals surface area contributed by atoms with Crippen molar-refractivity contribution in [2.24, 2.45) is 0 Å². The third kappa shape index (κ3) is 2.76. The fraction of sp³-hybridized carbons (Fsp3) is 0.846. The van der Waals surface area contributed by atoms with E-state index in [4.69, 9.17) is 22.8 Å². The Bertz CT molecular complexity index is 432. The number of allylic oxidation sites excluding steroid dienone is 1. The molecule has 22 heavy (non-hydrogen) atoms. The van der Waals surface area contributed by atoms with E-state index in [0.717, 1.165) is 0 Å². The summed E-state index contributed by atoms with van der Waals surface area (Å²) in [6.07, 6.45) is -3.92. The van der Waals surface area contributed by atoms with Gasteiger partial charge in [0, 0.05) is 0 Å². The molecule has 0 aromatic carbocycles. The Morgan fingerprint density at radius 3 is 2.09 bits per heavy atom. The van der Waals surface area contributed by atoms with Gasteiger partial charge in [0.15, 0.2) is 0 Å². The minimum atomic E-state index is -4.64. The molecule has 2 heterocycles. The zero-order valence-corrected chi connectivity index (χ0v) is 13.8. The average Bonchev–Trinajstić information content (AvgIpc) is 2.73. The van der Waals surface area contributed by atoms with Gasteiger partial charge >= 0.3 is 127 Å². The van der Waals surface area contributed by atoms with Gasteiger partial charge in [-0.15, -0.1) is 0 Å². The molecule has 2 aliphatic heterocycles. The normalized spacial score (nSPS) is 28.6. The van der Waals surface area contributed by atoms with Crippen molar-refractivity contribution in [1.82, 2.24) is 0 Å². The molecular weight excluding hydrogens is 324 g/mol. The van der Waals surface area contributed by atoms with Crippen LogP contribution < -0.4 is 0 Å². The van der Waals surface area contributed by atoms with Gasteiger partial charge < -0.3 is 0 Å². The van der Waals surface area contributed by atoms with E-state index in [1.807, 2.05) is 0 Å². The molecular formula is C13H22F3O5P. The van der Waals surface area contributed by atoms with Gasteiger partial charge in [0.25, 0.3) is 0 Å². The van der Waals surface area contributed by atoms with Crippen molar-refractivity contribution in [2.45, 2.75) is 45.6 Å². The molecule has 1 unspecified atom stereocenters. The Labute approximate surface area is 127 Å². The van der Waals surface area contributed by atoms with E-state index in [-0.39, 0.29) is 31.8 Å². The van der Waals surface area contributed by atoms with E-state index in [9.17, 15) is 13.2 Å². The molecule has 0 N–H and O–H groups in total. The first-order valence-corrected chi connectivity index (χ1v) is 9.39. The molecule has 2 rings (SSSR count). The van der Waals surface area contributed by atoms with Crippen LogP contribution in [-0.4, -0.2) is 38.4 Å². The van der Waals surface area contributed by atoms with Crippen LogP contribution in [-0.2, 0) is 22.8 Å². The molecule has 0 bridgehead atoms. The molecule has 0 spiro atoms. The fourth-order valence-corrected chi connectivity index (χ4v) is 6.81. The number of hydrogen-bond acceptors (Lipinski definition) is 5. The standard InChI is InChI=1S/C13H22F3O5P/c1-4-18-22(19-5-2,20-6-3)12-10(8-7-9-17-12)11(21-22)13(14,15)16/h12H,4-9H2,1-3H3. The Morgan fingerprint density at radius 2 is 1.64 bits per heavy atom. The van der Waals surface area contributed by atoms with Gasteiger partial charge in [0.05, 0.1) is 0 Å². The molecule has 0 aromatic heterocycles. The number of halogens is 3. The van der Waals surface area contributed by atoms with Crippen LogP contribution in [0.15, 0.2) is 11.3 Å². The van der Waals surface area contributed by atoms with Gasteiger partial charge in [-0.25, -0.2) is 0 Å². The summed E-state index contributed by atoms with van der Waals surface area (Å²) < 4.78 is 68.1. The van der Waals surface area contributed by atoms with Crippen LogP contribution in [0.5, 0.6) is 0 Å². The second-order valence-corrected chi connectivity index (χ2v) is 8.06. The Hall–Kier alpha value is -0.400. The number of rotatable bonds is 6. The van der Waals surface area contributed by atoms with E-state index >= 15 is 0 Å². The molecule has 0 saturated carbocycles. The first-order chi connectivity index (χ1) is 10.3. The van der Waals surface area contributed by atoms with E-state index in [2.05, 4.69) is 0 Å². The van der Waals surface area contributed by atoms with Crippen molar-refractivity contribution >= 4 is 7.51 Å². The van der Waals surface area contributed by atoms with Crippen molar-refractivity contribution < 1.29 is 36.0 Å². The van der Waals surface area contributed by atoms with Crippen LogP contribution in [0.4, 0.5) is 13.2 Å². The molecule has 1 fully saturated rings. The molecule has 0 aromatic rings. The van der Waals surface area contributed by atoms with Crippen LogP contribution in [0.1, 0.15) is 33.6 Å². The van der Waals surface area contributed by atoms with E-state index in [1.54, 1.807) is 20.8 Å². The molecule has 0 aliphatic carbocycles. The SMILES string of the molecule is CCOP1(OCC)(OCC)OC(C(F)(F)F)=C2CCCOC21. The molecule has 2 aliphatic rings. The molecule has 9 heteroatoms. The summed E-state index contributed by atoms with van der Waals surface area (Å²) in [5.41, 5.74) is 0.0340. The Morgan fingerprint density at radius 1 is 1.09 bits per heavy atom. The summed E-state index contributed by atoms with van der Waals surface area (Å²) in [5, 5.41) is 0. The van der Waals surface area contributed by atoms with Crippen molar-refractivity contribution in [3.05, 3.63) is 11.3 Å². The monoisotopic (exact) mass is 346 g/mol. The van der Waals surface area contributed by atoms with Gasteiger partial charge in [0.2, 0.25) is 0 Å². The molecule has 0 amide bonds. The van der Waals surface area contributed by atoms with Gasteiger partial charge in [-0.1, -0.05) is 0 Å². The van der Waals surface area contributed by atoms with Crippen LogP contribution in [0.25, 0.3) is 0 Å². The van der Waals surface area contributed by atoms with Crippen LogP contribution >= 0.6 is 7.51 Å². The van der Waals surface area contributed by atoms with Crippen molar-refractivity contribution in [2.75, 3.05) is 26.4 Å². The predicted octanol–water partition coefficient (Wildman–Crippen LogP) is 4.29. The zero-order chi connectivity index (χ0) is 16.5. The van der Waals surface area contributed by atoms with Crippen LogP contribution in [0.2, 0.25) is 0 Å². The molecule has 130 valence electrons. The molecule has 1 atom stereocenters. The van der Waals surface area contributed by atoms with E-state index in [0.29, 0.717) is 13.0 Å². The quantitative estimate of drug-likeness (QED) is 0.672. The summed E-state index contributed by atoms with van der Waals surface area (Å²) >= 11 is 0. The summed E-state index contributed by atoms with van der Waals surface area (Å²) in [6, 6.07) is 0. The second-order valence-electron chi connectivity index (χ2n) is 4.89. The Balaban J connectivity index is 2.56. The van der Waals surface area contributed by atoms with Gasteiger partial charge in [-0.2, -0.15) is 0 Å². The molecule has 5 nitrogen and oxygen atoms in total. The van der Waals surface area contributed by atoms with Crippen LogP contribution in [0, 0.1) is 0 Å². The molecule has 1 saturated heterocycles. The topological polar surface area (TPSA) is 46.2 Å². The summed E-state index contributed by atoms with van der Waals surface area (Å²) in [6.45, 7) is 5.56. The summed E-state index contributed by atoms with van der Waals surface area (Å²) in [5.74, 6) is -2.15. The number of ether oxygens (including phenoxy) is 1. The second kappa shape index (κ2) is 6.24. The maximum atomic E-state index is 13.4.